The van der Waals surface area contributed by atoms with Crippen molar-refractivity contribution >= 4 is 17.4 Å². The molecule has 0 amide bonds. The topological polar surface area (TPSA) is 30.0 Å². The van der Waals surface area contributed by atoms with E-state index in [1.54, 1.807) is 18.2 Å². The SMILES string of the molecule is O=C(Cc1ccc(F)cc1)c1ccncc1Cl. The van der Waals surface area contributed by atoms with E-state index < -0.39 is 0 Å². The maximum absolute atomic E-state index is 12.7. The van der Waals surface area contributed by atoms with Gasteiger partial charge in [0.15, 0.2) is 5.78 Å². The van der Waals surface area contributed by atoms with Gasteiger partial charge in [-0.25, -0.2) is 4.39 Å². The molecule has 2 rings (SSSR count). The molecule has 0 unspecified atom stereocenters. The molecule has 0 saturated carbocycles. The molecule has 1 aromatic heterocycles. The van der Waals surface area contributed by atoms with Crippen LogP contribution in [0.5, 0.6) is 0 Å². The summed E-state index contributed by atoms with van der Waals surface area (Å²) in [5.41, 5.74) is 1.19. The van der Waals surface area contributed by atoms with Crippen molar-refractivity contribution in [2.45, 2.75) is 6.42 Å². The van der Waals surface area contributed by atoms with E-state index in [1.807, 2.05) is 0 Å². The Kier molecular flexibility index (Phi) is 3.49. The fourth-order valence-corrected chi connectivity index (χ4v) is 1.71. The fraction of sp³-hybridized carbons (Fsp3) is 0.0769. The third-order valence-corrected chi connectivity index (χ3v) is 2.65. The summed E-state index contributed by atoms with van der Waals surface area (Å²) < 4.78 is 12.7. The van der Waals surface area contributed by atoms with E-state index in [0.717, 1.165) is 5.56 Å². The summed E-state index contributed by atoms with van der Waals surface area (Å²) in [6.07, 6.45) is 3.15. The Hall–Kier alpha value is -1.74. The molecule has 86 valence electrons. The molecule has 0 atom stereocenters. The van der Waals surface area contributed by atoms with Gasteiger partial charge in [0.2, 0.25) is 0 Å². The van der Waals surface area contributed by atoms with Crippen molar-refractivity contribution < 1.29 is 9.18 Å². The van der Waals surface area contributed by atoms with Gasteiger partial charge in [-0.15, -0.1) is 0 Å². The molecule has 0 aliphatic rings. The van der Waals surface area contributed by atoms with Crippen molar-refractivity contribution in [3.63, 3.8) is 0 Å². The minimum atomic E-state index is -0.317. The maximum Gasteiger partial charge on any atom is 0.168 e. The molecule has 2 aromatic rings. The highest BCUT2D eigenvalue weighted by molar-refractivity contribution is 6.33. The summed E-state index contributed by atoms with van der Waals surface area (Å²) in [6, 6.07) is 7.41. The average molecular weight is 250 g/mol. The predicted octanol–water partition coefficient (Wildman–Crippen LogP) is 3.30. The lowest BCUT2D eigenvalue weighted by Gasteiger charge is -2.03. The normalized spacial score (nSPS) is 10.2. The molecule has 1 aromatic carbocycles. The van der Waals surface area contributed by atoms with Gasteiger partial charge >= 0.3 is 0 Å². The number of ketones is 1. The Morgan fingerprint density at radius 2 is 1.94 bits per heavy atom. The number of nitrogens with zero attached hydrogens (tertiary/aromatic N) is 1. The largest absolute Gasteiger partial charge is 0.294 e. The first-order chi connectivity index (χ1) is 8.16. The molecule has 0 aliphatic carbocycles. The molecule has 0 fully saturated rings. The lowest BCUT2D eigenvalue weighted by Crippen LogP contribution is -2.04. The van der Waals surface area contributed by atoms with Crippen molar-refractivity contribution in [1.29, 1.82) is 0 Å². The molecule has 0 N–H and O–H groups in total. The van der Waals surface area contributed by atoms with Crippen LogP contribution in [-0.2, 0) is 6.42 Å². The highest BCUT2D eigenvalue weighted by Gasteiger charge is 2.10. The fourth-order valence-electron chi connectivity index (χ4n) is 1.48. The highest BCUT2D eigenvalue weighted by atomic mass is 35.5. The average Bonchev–Trinajstić information content (AvgIpc) is 2.32. The van der Waals surface area contributed by atoms with Crippen LogP contribution in [-0.4, -0.2) is 10.8 Å². The summed E-state index contributed by atoms with van der Waals surface area (Å²) in [6.45, 7) is 0. The molecule has 0 radical (unpaired) electrons. The molecule has 0 bridgehead atoms. The molecule has 0 saturated heterocycles. The van der Waals surface area contributed by atoms with Crippen LogP contribution in [0.2, 0.25) is 5.02 Å². The Bertz CT molecular complexity index is 539. The van der Waals surface area contributed by atoms with E-state index in [-0.39, 0.29) is 18.0 Å². The Balaban J connectivity index is 2.17. The standard InChI is InChI=1S/C13H9ClFNO/c14-12-8-16-6-5-11(12)13(17)7-9-1-3-10(15)4-2-9/h1-6,8H,7H2. The number of rotatable bonds is 3. The number of carbonyl (C=O) groups excluding carboxylic acids is 1. The predicted molar refractivity (Wildman–Crippen MR) is 63.7 cm³/mol. The number of hydrogen-bond acceptors (Lipinski definition) is 2. The van der Waals surface area contributed by atoms with E-state index in [9.17, 15) is 9.18 Å². The zero-order valence-electron chi connectivity index (χ0n) is 8.86. The second-order valence-corrected chi connectivity index (χ2v) is 3.99. The van der Waals surface area contributed by atoms with Crippen molar-refractivity contribution in [2.24, 2.45) is 0 Å². The number of benzene rings is 1. The van der Waals surface area contributed by atoms with Crippen LogP contribution in [0.1, 0.15) is 15.9 Å². The third-order valence-electron chi connectivity index (χ3n) is 2.35. The lowest BCUT2D eigenvalue weighted by molar-refractivity contribution is 0.0993. The lowest BCUT2D eigenvalue weighted by atomic mass is 10.0. The van der Waals surface area contributed by atoms with E-state index in [1.165, 1.54) is 24.5 Å². The number of halogens is 2. The quantitative estimate of drug-likeness (QED) is 0.782. The smallest absolute Gasteiger partial charge is 0.168 e. The Morgan fingerprint density at radius 1 is 1.24 bits per heavy atom. The molecule has 4 heteroatoms. The van der Waals surface area contributed by atoms with Crippen molar-refractivity contribution in [2.75, 3.05) is 0 Å². The van der Waals surface area contributed by atoms with Gasteiger partial charge in [-0.2, -0.15) is 0 Å². The number of aromatic nitrogens is 1. The van der Waals surface area contributed by atoms with Crippen LogP contribution in [0, 0.1) is 5.82 Å². The van der Waals surface area contributed by atoms with Gasteiger partial charge in [-0.1, -0.05) is 23.7 Å². The second-order valence-electron chi connectivity index (χ2n) is 3.58. The van der Waals surface area contributed by atoms with Crippen molar-refractivity contribution in [1.82, 2.24) is 4.98 Å². The van der Waals surface area contributed by atoms with Gasteiger partial charge in [-0.3, -0.25) is 9.78 Å². The van der Waals surface area contributed by atoms with Crippen molar-refractivity contribution in [3.8, 4) is 0 Å². The molecule has 0 aliphatic heterocycles. The number of pyridine rings is 1. The summed E-state index contributed by atoms with van der Waals surface area (Å²) in [5, 5.41) is 0.333. The molecule has 2 nitrogen and oxygen atoms in total. The minimum Gasteiger partial charge on any atom is -0.294 e. The summed E-state index contributed by atoms with van der Waals surface area (Å²) in [4.78, 5) is 15.7. The number of carbonyl (C=O) groups is 1. The maximum atomic E-state index is 12.7. The van der Waals surface area contributed by atoms with E-state index in [0.29, 0.717) is 10.6 Å². The van der Waals surface area contributed by atoms with Gasteiger partial charge in [0.1, 0.15) is 5.82 Å². The second kappa shape index (κ2) is 5.06. The van der Waals surface area contributed by atoms with Crippen LogP contribution < -0.4 is 0 Å². The van der Waals surface area contributed by atoms with Gasteiger partial charge < -0.3 is 0 Å². The van der Waals surface area contributed by atoms with Crippen LogP contribution in [0.4, 0.5) is 4.39 Å². The summed E-state index contributed by atoms with van der Waals surface area (Å²) >= 11 is 5.87. The molecular formula is C13H9ClFNO. The summed E-state index contributed by atoms with van der Waals surface area (Å²) in [7, 11) is 0. The van der Waals surface area contributed by atoms with Gasteiger partial charge in [-0.05, 0) is 23.8 Å². The van der Waals surface area contributed by atoms with Gasteiger partial charge in [0.05, 0.1) is 5.02 Å². The Labute approximate surface area is 103 Å². The first kappa shape index (κ1) is 11.7. The number of hydrogen-bond donors (Lipinski definition) is 0. The van der Waals surface area contributed by atoms with E-state index in [2.05, 4.69) is 4.98 Å². The molecule has 17 heavy (non-hydrogen) atoms. The number of Topliss-reactive ketones (excluding diaryl/α,β-unsaturated/α-hetero) is 1. The van der Waals surface area contributed by atoms with Crippen LogP contribution in [0.25, 0.3) is 0 Å². The van der Waals surface area contributed by atoms with Crippen LogP contribution in [0.15, 0.2) is 42.7 Å². The van der Waals surface area contributed by atoms with Gasteiger partial charge in [0.25, 0.3) is 0 Å². The first-order valence-corrected chi connectivity index (χ1v) is 5.42. The van der Waals surface area contributed by atoms with E-state index in [4.69, 9.17) is 11.6 Å². The highest BCUT2D eigenvalue weighted by Crippen LogP contribution is 2.16. The van der Waals surface area contributed by atoms with Crippen molar-refractivity contribution in [3.05, 3.63) is 64.7 Å². The van der Waals surface area contributed by atoms with Crippen LogP contribution >= 0.6 is 11.6 Å². The van der Waals surface area contributed by atoms with E-state index >= 15 is 0 Å². The van der Waals surface area contributed by atoms with Gasteiger partial charge in [0, 0.05) is 24.4 Å². The minimum absolute atomic E-state index is 0.107. The Morgan fingerprint density at radius 3 is 2.59 bits per heavy atom. The monoisotopic (exact) mass is 249 g/mol. The molecule has 1 heterocycles. The zero-order chi connectivity index (χ0) is 12.3. The third kappa shape index (κ3) is 2.88. The molecular weight excluding hydrogens is 241 g/mol. The molecule has 0 spiro atoms. The van der Waals surface area contributed by atoms with Crippen LogP contribution in [0.3, 0.4) is 0 Å². The zero-order valence-corrected chi connectivity index (χ0v) is 9.62. The summed E-state index contributed by atoms with van der Waals surface area (Å²) in [5.74, 6) is -0.424. The first-order valence-electron chi connectivity index (χ1n) is 5.04.